The third kappa shape index (κ3) is 4.42. The van der Waals surface area contributed by atoms with Crippen molar-refractivity contribution in [1.82, 2.24) is 9.55 Å². The minimum absolute atomic E-state index is 0.421. The largest absolute Gasteiger partial charge is 0.513 e. The number of nitrogens with one attached hydrogen (secondary N) is 1. The van der Waals surface area contributed by atoms with E-state index in [9.17, 15) is 4.79 Å². The molecular formula is C24H29N3O3. The van der Waals surface area contributed by atoms with Gasteiger partial charge in [0.25, 0.3) is 0 Å². The van der Waals surface area contributed by atoms with Crippen LogP contribution in [0.1, 0.15) is 55.7 Å². The molecule has 30 heavy (non-hydrogen) atoms. The van der Waals surface area contributed by atoms with Gasteiger partial charge >= 0.3 is 6.16 Å². The zero-order valence-electron chi connectivity index (χ0n) is 17.7. The number of ether oxygens (including phenoxy) is 2. The Balaban J connectivity index is 1.69. The van der Waals surface area contributed by atoms with Gasteiger partial charge < -0.3 is 19.4 Å². The third-order valence-corrected chi connectivity index (χ3v) is 5.92. The number of carbonyl (C=O) groups excluding carboxylic acids is 1. The summed E-state index contributed by atoms with van der Waals surface area (Å²) in [5.74, 6) is 1.31. The first kappa shape index (κ1) is 20.3. The Morgan fingerprint density at radius 2 is 1.90 bits per heavy atom. The number of nitrogens with zero attached hydrogens (tertiary/aromatic N) is 2. The number of anilines is 1. The van der Waals surface area contributed by atoms with Crippen molar-refractivity contribution >= 4 is 23.1 Å². The van der Waals surface area contributed by atoms with Gasteiger partial charge in [-0.15, -0.1) is 0 Å². The predicted molar refractivity (Wildman–Crippen MR) is 118 cm³/mol. The lowest BCUT2D eigenvalue weighted by atomic mass is 10.1. The summed E-state index contributed by atoms with van der Waals surface area (Å²) in [4.78, 5) is 16.4. The molecule has 2 aromatic carbocycles. The Hall–Kier alpha value is -3.02. The molecule has 1 heterocycles. The van der Waals surface area contributed by atoms with Gasteiger partial charge in [-0.1, -0.05) is 49.9 Å². The van der Waals surface area contributed by atoms with Gasteiger partial charge in [-0.05, 0) is 43.0 Å². The summed E-state index contributed by atoms with van der Waals surface area (Å²) in [6, 6.07) is 14.4. The summed E-state index contributed by atoms with van der Waals surface area (Å²) < 4.78 is 12.2. The second-order valence-corrected chi connectivity index (χ2v) is 7.94. The molecule has 1 fully saturated rings. The van der Waals surface area contributed by atoms with Crippen LogP contribution < -0.4 is 10.1 Å². The molecule has 158 valence electrons. The molecule has 0 spiro atoms. The number of hydrogen-bond donors (Lipinski definition) is 1. The van der Waals surface area contributed by atoms with E-state index >= 15 is 0 Å². The summed E-state index contributed by atoms with van der Waals surface area (Å²) >= 11 is 0. The SMILES string of the molecule is COC(=O)Oc1ccc2c(c1)nc(NCc1ccccc1C)n2C1CCCCCC1. The van der Waals surface area contributed by atoms with E-state index < -0.39 is 6.16 Å². The van der Waals surface area contributed by atoms with Crippen LogP contribution in [0.4, 0.5) is 10.7 Å². The molecule has 0 unspecified atom stereocenters. The van der Waals surface area contributed by atoms with Crippen molar-refractivity contribution in [2.75, 3.05) is 12.4 Å². The Kier molecular flexibility index (Phi) is 6.21. The molecule has 1 aliphatic carbocycles. The normalized spacial score (nSPS) is 15.0. The topological polar surface area (TPSA) is 65.4 Å². The third-order valence-electron chi connectivity index (χ3n) is 5.92. The second kappa shape index (κ2) is 9.20. The van der Waals surface area contributed by atoms with E-state index in [-0.39, 0.29) is 0 Å². The number of aromatic nitrogens is 2. The van der Waals surface area contributed by atoms with Crippen LogP contribution in [-0.2, 0) is 11.3 Å². The molecule has 0 saturated heterocycles. The lowest BCUT2D eigenvalue weighted by molar-refractivity contribution is 0.121. The highest BCUT2D eigenvalue weighted by molar-refractivity contribution is 5.81. The van der Waals surface area contributed by atoms with E-state index in [1.54, 1.807) is 12.1 Å². The van der Waals surface area contributed by atoms with Crippen LogP contribution in [0, 0.1) is 6.92 Å². The average Bonchev–Trinajstić information content (AvgIpc) is 2.91. The van der Waals surface area contributed by atoms with E-state index in [1.165, 1.54) is 43.9 Å². The highest BCUT2D eigenvalue weighted by atomic mass is 16.7. The molecule has 1 aliphatic rings. The second-order valence-electron chi connectivity index (χ2n) is 7.94. The van der Waals surface area contributed by atoms with Gasteiger partial charge in [0.15, 0.2) is 0 Å². The van der Waals surface area contributed by atoms with Crippen molar-refractivity contribution in [2.45, 2.75) is 58.0 Å². The van der Waals surface area contributed by atoms with E-state index in [2.05, 4.69) is 45.8 Å². The fourth-order valence-electron chi connectivity index (χ4n) is 4.27. The molecule has 0 amide bonds. The molecule has 6 nitrogen and oxygen atoms in total. The maximum atomic E-state index is 11.5. The van der Waals surface area contributed by atoms with Crippen LogP contribution >= 0.6 is 0 Å². The molecule has 1 N–H and O–H groups in total. The highest BCUT2D eigenvalue weighted by Crippen LogP contribution is 2.34. The predicted octanol–water partition coefficient (Wildman–Crippen LogP) is 6.00. The molecule has 0 atom stereocenters. The first-order chi connectivity index (χ1) is 14.7. The van der Waals surface area contributed by atoms with Crippen LogP contribution in [-0.4, -0.2) is 22.8 Å². The molecule has 0 aliphatic heterocycles. The number of fused-ring (bicyclic) bond motifs is 1. The number of rotatable bonds is 5. The van der Waals surface area contributed by atoms with Gasteiger partial charge in [0.1, 0.15) is 5.75 Å². The lowest BCUT2D eigenvalue weighted by Gasteiger charge is -2.21. The van der Waals surface area contributed by atoms with Gasteiger partial charge in [0, 0.05) is 18.7 Å². The van der Waals surface area contributed by atoms with Crippen LogP contribution in [0.5, 0.6) is 5.75 Å². The summed E-state index contributed by atoms with van der Waals surface area (Å²) in [6.45, 7) is 2.84. The van der Waals surface area contributed by atoms with Crippen molar-refractivity contribution in [3.63, 3.8) is 0 Å². The Labute approximate surface area is 177 Å². The minimum atomic E-state index is -0.726. The molecule has 3 aromatic rings. The zero-order chi connectivity index (χ0) is 20.9. The summed E-state index contributed by atoms with van der Waals surface area (Å²) in [6.07, 6.45) is 6.67. The maximum Gasteiger partial charge on any atom is 0.513 e. The van der Waals surface area contributed by atoms with E-state index in [4.69, 9.17) is 9.72 Å². The maximum absolute atomic E-state index is 11.5. The zero-order valence-corrected chi connectivity index (χ0v) is 17.7. The number of imidazole rings is 1. The number of methoxy groups -OCH3 is 1. The number of benzene rings is 2. The fraction of sp³-hybridized carbons (Fsp3) is 0.417. The monoisotopic (exact) mass is 407 g/mol. The Morgan fingerprint density at radius 1 is 1.13 bits per heavy atom. The van der Waals surface area contributed by atoms with Gasteiger partial charge in [-0.25, -0.2) is 9.78 Å². The van der Waals surface area contributed by atoms with Gasteiger partial charge in [-0.3, -0.25) is 0 Å². The molecule has 0 bridgehead atoms. The molecular weight excluding hydrogens is 378 g/mol. The first-order valence-corrected chi connectivity index (χ1v) is 10.7. The molecule has 0 radical (unpaired) electrons. The number of carbonyl (C=O) groups is 1. The lowest BCUT2D eigenvalue weighted by Crippen LogP contribution is -2.13. The van der Waals surface area contributed by atoms with Crippen LogP contribution in [0.3, 0.4) is 0 Å². The van der Waals surface area contributed by atoms with Crippen molar-refractivity contribution in [2.24, 2.45) is 0 Å². The quantitative estimate of drug-likeness (QED) is 0.319. The van der Waals surface area contributed by atoms with Gasteiger partial charge in [0.05, 0.1) is 18.1 Å². The minimum Gasteiger partial charge on any atom is -0.437 e. The van der Waals surface area contributed by atoms with E-state index in [0.29, 0.717) is 18.3 Å². The van der Waals surface area contributed by atoms with Gasteiger partial charge in [0.2, 0.25) is 5.95 Å². The van der Waals surface area contributed by atoms with Crippen molar-refractivity contribution < 1.29 is 14.3 Å². The Morgan fingerprint density at radius 3 is 2.63 bits per heavy atom. The van der Waals surface area contributed by atoms with Crippen LogP contribution in [0.25, 0.3) is 11.0 Å². The van der Waals surface area contributed by atoms with E-state index in [0.717, 1.165) is 29.8 Å². The summed E-state index contributed by atoms with van der Waals surface area (Å²) in [5.41, 5.74) is 4.39. The number of aryl methyl sites for hydroxylation is 1. The summed E-state index contributed by atoms with van der Waals surface area (Å²) in [7, 11) is 1.30. The molecule has 4 rings (SSSR count). The van der Waals surface area contributed by atoms with Crippen molar-refractivity contribution in [3.05, 3.63) is 53.6 Å². The van der Waals surface area contributed by atoms with Crippen molar-refractivity contribution in [1.29, 1.82) is 0 Å². The fourth-order valence-corrected chi connectivity index (χ4v) is 4.27. The van der Waals surface area contributed by atoms with Crippen molar-refractivity contribution in [3.8, 4) is 5.75 Å². The smallest absolute Gasteiger partial charge is 0.437 e. The summed E-state index contributed by atoms with van der Waals surface area (Å²) in [5, 5.41) is 3.57. The van der Waals surface area contributed by atoms with Crippen LogP contribution in [0.15, 0.2) is 42.5 Å². The molecule has 6 heteroatoms. The molecule has 1 saturated carbocycles. The average molecular weight is 408 g/mol. The Bertz CT molecular complexity index is 1020. The molecule has 1 aromatic heterocycles. The van der Waals surface area contributed by atoms with E-state index in [1.807, 2.05) is 6.07 Å². The highest BCUT2D eigenvalue weighted by Gasteiger charge is 2.21. The van der Waals surface area contributed by atoms with Gasteiger partial charge in [-0.2, -0.15) is 0 Å². The standard InChI is InChI=1S/C24H29N3O3/c1-17-9-7-8-10-18(17)16-25-23-26-21-15-20(30-24(28)29-2)13-14-22(21)27(23)19-11-5-3-4-6-12-19/h7-10,13-15,19H,3-6,11-12,16H2,1-2H3,(H,25,26). The van der Waals surface area contributed by atoms with Crippen LogP contribution in [0.2, 0.25) is 0 Å². The number of hydrogen-bond acceptors (Lipinski definition) is 5. The first-order valence-electron chi connectivity index (χ1n) is 10.7.